The van der Waals surface area contributed by atoms with Gasteiger partial charge >= 0.3 is 5.97 Å². The first kappa shape index (κ1) is 15.9. The summed E-state index contributed by atoms with van der Waals surface area (Å²) in [4.78, 5) is 25.5. The number of amides is 1. The molecule has 1 N–H and O–H groups in total. The Labute approximate surface area is 113 Å². The highest BCUT2D eigenvalue weighted by Crippen LogP contribution is 2.16. The van der Waals surface area contributed by atoms with E-state index >= 15 is 0 Å². The van der Waals surface area contributed by atoms with Gasteiger partial charge in [-0.25, -0.2) is 4.79 Å². The highest BCUT2D eigenvalue weighted by molar-refractivity contribution is 5.89. The van der Waals surface area contributed by atoms with Crippen molar-refractivity contribution in [2.45, 2.75) is 58.5 Å². The number of aliphatic hydroxyl groups is 1. The molecular formula is C13H23NO5. The number of esters is 1. The lowest BCUT2D eigenvalue weighted by Crippen LogP contribution is -2.56. The molecule has 0 spiro atoms. The van der Waals surface area contributed by atoms with Crippen LogP contribution in [0, 0.1) is 0 Å². The van der Waals surface area contributed by atoms with E-state index in [4.69, 9.17) is 9.47 Å². The molecule has 2 unspecified atom stereocenters. The van der Waals surface area contributed by atoms with Crippen molar-refractivity contribution in [1.29, 1.82) is 0 Å². The van der Waals surface area contributed by atoms with Gasteiger partial charge in [0.05, 0.1) is 6.61 Å². The molecule has 6 nitrogen and oxygen atoms in total. The molecule has 2 atom stereocenters. The standard InChI is InChI=1S/C13H23NO5/c1-8(2)14-6-7-18-10(11(14)16)9(15)12(17)19-13(3,4)5/h8-10,15H,6-7H2,1-5H3. The molecule has 0 radical (unpaired) electrons. The van der Waals surface area contributed by atoms with Crippen LogP contribution in [0.5, 0.6) is 0 Å². The first-order chi connectivity index (χ1) is 8.63. The van der Waals surface area contributed by atoms with Gasteiger partial charge in [0.15, 0.2) is 12.2 Å². The minimum atomic E-state index is -1.59. The first-order valence-electron chi connectivity index (χ1n) is 6.46. The van der Waals surface area contributed by atoms with Crippen LogP contribution in [0.25, 0.3) is 0 Å². The number of nitrogens with zero attached hydrogens (tertiary/aromatic N) is 1. The van der Waals surface area contributed by atoms with Crippen LogP contribution in [0.3, 0.4) is 0 Å². The third-order valence-corrected chi connectivity index (χ3v) is 2.71. The summed E-state index contributed by atoms with van der Waals surface area (Å²) in [7, 11) is 0. The monoisotopic (exact) mass is 273 g/mol. The maximum Gasteiger partial charge on any atom is 0.338 e. The van der Waals surface area contributed by atoms with Crippen molar-refractivity contribution >= 4 is 11.9 Å². The van der Waals surface area contributed by atoms with Crippen molar-refractivity contribution in [3.63, 3.8) is 0 Å². The molecule has 1 aliphatic heterocycles. The van der Waals surface area contributed by atoms with Crippen molar-refractivity contribution in [1.82, 2.24) is 4.90 Å². The number of carbonyl (C=O) groups excluding carboxylic acids is 2. The second kappa shape index (κ2) is 5.88. The second-order valence-corrected chi connectivity index (χ2v) is 5.90. The Morgan fingerprint density at radius 2 is 2.05 bits per heavy atom. The van der Waals surface area contributed by atoms with E-state index in [0.29, 0.717) is 13.2 Å². The minimum absolute atomic E-state index is 0.00439. The summed E-state index contributed by atoms with van der Waals surface area (Å²) in [5.74, 6) is -1.21. The van der Waals surface area contributed by atoms with E-state index in [1.165, 1.54) is 0 Å². The Morgan fingerprint density at radius 3 is 2.53 bits per heavy atom. The first-order valence-corrected chi connectivity index (χ1v) is 6.46. The van der Waals surface area contributed by atoms with Gasteiger partial charge in [0, 0.05) is 12.6 Å². The van der Waals surface area contributed by atoms with E-state index < -0.39 is 23.8 Å². The van der Waals surface area contributed by atoms with E-state index in [-0.39, 0.29) is 11.9 Å². The Bertz CT molecular complexity index is 347. The fraction of sp³-hybridized carbons (Fsp3) is 0.846. The molecule has 1 aliphatic rings. The van der Waals surface area contributed by atoms with Gasteiger partial charge in [0.25, 0.3) is 5.91 Å². The normalized spacial score (nSPS) is 22.6. The van der Waals surface area contributed by atoms with Crippen molar-refractivity contribution in [2.75, 3.05) is 13.2 Å². The number of ether oxygens (including phenoxy) is 2. The van der Waals surface area contributed by atoms with E-state index in [9.17, 15) is 14.7 Å². The summed E-state index contributed by atoms with van der Waals surface area (Å²) in [5, 5.41) is 9.93. The third-order valence-electron chi connectivity index (χ3n) is 2.71. The predicted octanol–water partition coefficient (Wildman–Crippen LogP) is 0.325. The molecule has 1 fully saturated rings. The van der Waals surface area contributed by atoms with Gasteiger partial charge in [-0.05, 0) is 34.6 Å². The van der Waals surface area contributed by atoms with E-state index in [0.717, 1.165) is 0 Å². The molecule has 0 aromatic rings. The predicted molar refractivity (Wildman–Crippen MR) is 68.4 cm³/mol. The zero-order valence-electron chi connectivity index (χ0n) is 12.2. The zero-order chi connectivity index (χ0) is 14.8. The average Bonchev–Trinajstić information content (AvgIpc) is 2.25. The number of hydrogen-bond donors (Lipinski definition) is 1. The molecule has 0 saturated carbocycles. The highest BCUT2D eigenvalue weighted by Gasteiger charge is 2.41. The molecule has 6 heteroatoms. The number of rotatable bonds is 3. The molecular weight excluding hydrogens is 250 g/mol. The van der Waals surface area contributed by atoms with Crippen LogP contribution in [0.15, 0.2) is 0 Å². The summed E-state index contributed by atoms with van der Waals surface area (Å²) in [5.41, 5.74) is -0.715. The fourth-order valence-corrected chi connectivity index (χ4v) is 1.85. The topological polar surface area (TPSA) is 76.1 Å². The van der Waals surface area contributed by atoms with Crippen LogP contribution in [0.4, 0.5) is 0 Å². The molecule has 1 amide bonds. The van der Waals surface area contributed by atoms with E-state index in [1.54, 1.807) is 25.7 Å². The molecule has 0 aromatic heterocycles. The lowest BCUT2D eigenvalue weighted by Gasteiger charge is -2.36. The Hall–Kier alpha value is -1.14. The molecule has 1 heterocycles. The molecule has 19 heavy (non-hydrogen) atoms. The van der Waals surface area contributed by atoms with Crippen LogP contribution in [-0.4, -0.2) is 58.9 Å². The van der Waals surface area contributed by atoms with Gasteiger partial charge in [-0.3, -0.25) is 4.79 Å². The van der Waals surface area contributed by atoms with Crippen LogP contribution in [0.2, 0.25) is 0 Å². The van der Waals surface area contributed by atoms with Crippen LogP contribution >= 0.6 is 0 Å². The largest absolute Gasteiger partial charge is 0.458 e. The second-order valence-electron chi connectivity index (χ2n) is 5.90. The Kier molecular flexibility index (Phi) is 4.92. The summed E-state index contributed by atoms with van der Waals surface area (Å²) < 4.78 is 10.3. The number of morpholine rings is 1. The van der Waals surface area contributed by atoms with Gasteiger partial charge in [0.1, 0.15) is 5.60 Å². The highest BCUT2D eigenvalue weighted by atomic mass is 16.6. The SMILES string of the molecule is CC(C)N1CCOC(C(O)C(=O)OC(C)(C)C)C1=O. The van der Waals surface area contributed by atoms with Crippen LogP contribution in [0.1, 0.15) is 34.6 Å². The van der Waals surface area contributed by atoms with Gasteiger partial charge < -0.3 is 19.5 Å². The van der Waals surface area contributed by atoms with Crippen molar-refractivity contribution in [2.24, 2.45) is 0 Å². The van der Waals surface area contributed by atoms with Gasteiger partial charge in [-0.15, -0.1) is 0 Å². The summed E-state index contributed by atoms with van der Waals surface area (Å²) >= 11 is 0. The summed E-state index contributed by atoms with van der Waals surface area (Å²) in [6.07, 6.45) is -2.76. The van der Waals surface area contributed by atoms with E-state index in [1.807, 2.05) is 13.8 Å². The smallest absolute Gasteiger partial charge is 0.338 e. The quantitative estimate of drug-likeness (QED) is 0.750. The lowest BCUT2D eigenvalue weighted by molar-refractivity contribution is -0.185. The average molecular weight is 273 g/mol. The zero-order valence-corrected chi connectivity index (χ0v) is 12.2. The van der Waals surface area contributed by atoms with Gasteiger partial charge in [0.2, 0.25) is 0 Å². The Morgan fingerprint density at radius 1 is 1.47 bits per heavy atom. The number of hydrogen-bond acceptors (Lipinski definition) is 5. The lowest BCUT2D eigenvalue weighted by atomic mass is 10.1. The molecule has 0 aliphatic carbocycles. The number of aliphatic hydroxyl groups excluding tert-OH is 1. The third kappa shape index (κ3) is 4.18. The number of carbonyl (C=O) groups is 2. The molecule has 0 aromatic carbocycles. The summed E-state index contributed by atoms with van der Waals surface area (Å²) in [6, 6.07) is 0.00439. The molecule has 1 saturated heterocycles. The maximum atomic E-state index is 12.1. The van der Waals surface area contributed by atoms with E-state index in [2.05, 4.69) is 0 Å². The molecule has 110 valence electrons. The maximum absolute atomic E-state index is 12.1. The van der Waals surface area contributed by atoms with Crippen molar-refractivity contribution in [3.8, 4) is 0 Å². The molecule has 1 rings (SSSR count). The van der Waals surface area contributed by atoms with Crippen LogP contribution in [-0.2, 0) is 19.1 Å². The van der Waals surface area contributed by atoms with Crippen LogP contribution < -0.4 is 0 Å². The minimum Gasteiger partial charge on any atom is -0.458 e. The Balaban J connectivity index is 2.73. The van der Waals surface area contributed by atoms with Gasteiger partial charge in [-0.1, -0.05) is 0 Å². The van der Waals surface area contributed by atoms with Gasteiger partial charge in [-0.2, -0.15) is 0 Å². The summed E-state index contributed by atoms with van der Waals surface area (Å²) in [6.45, 7) is 9.60. The van der Waals surface area contributed by atoms with Crippen molar-refractivity contribution in [3.05, 3.63) is 0 Å². The van der Waals surface area contributed by atoms with Crippen molar-refractivity contribution < 1.29 is 24.2 Å². The fourth-order valence-electron chi connectivity index (χ4n) is 1.85. The molecule has 0 bridgehead atoms.